The third-order valence-corrected chi connectivity index (χ3v) is 8.36. The number of piperidine rings is 1. The van der Waals surface area contributed by atoms with Crippen LogP contribution in [-0.4, -0.2) is 67.5 Å². The number of thioether (sulfide) groups is 2. The Morgan fingerprint density at radius 3 is 2.81 bits per heavy atom. The Balaban J connectivity index is 1.88. The molecule has 124 valence electrons. The van der Waals surface area contributed by atoms with Crippen LogP contribution in [0.15, 0.2) is 0 Å². The van der Waals surface area contributed by atoms with Gasteiger partial charge in [-0.05, 0) is 19.4 Å². The second-order valence-electron chi connectivity index (χ2n) is 5.49. The molecule has 2 N–H and O–H groups in total. The van der Waals surface area contributed by atoms with Crippen LogP contribution in [0.3, 0.4) is 0 Å². The van der Waals surface area contributed by atoms with Crippen LogP contribution in [0.1, 0.15) is 26.2 Å². The maximum Gasteiger partial charge on any atom is 0.279 e. The second-order valence-corrected chi connectivity index (χ2v) is 9.76. The van der Waals surface area contributed by atoms with E-state index in [1.807, 2.05) is 23.5 Å². The van der Waals surface area contributed by atoms with Crippen molar-refractivity contribution in [3.8, 4) is 0 Å². The number of rotatable bonds is 7. The molecule has 0 aromatic carbocycles. The van der Waals surface area contributed by atoms with Gasteiger partial charge in [0, 0.05) is 48.2 Å². The SMILES string of the molecule is CCNCC1CCCCN1S(=O)(=O)NCC1CSCCS1. The normalized spacial score (nSPS) is 28.6. The van der Waals surface area contributed by atoms with Gasteiger partial charge in [0.15, 0.2) is 0 Å². The zero-order chi connectivity index (χ0) is 15.1. The van der Waals surface area contributed by atoms with Gasteiger partial charge in [-0.25, -0.2) is 4.72 Å². The number of likely N-dealkylation sites (N-methyl/N-ethyl adjacent to an activating group) is 1. The molecule has 0 saturated carbocycles. The highest BCUT2D eigenvalue weighted by Crippen LogP contribution is 2.24. The predicted octanol–water partition coefficient (Wildman–Crippen LogP) is 1.13. The Morgan fingerprint density at radius 2 is 2.10 bits per heavy atom. The van der Waals surface area contributed by atoms with E-state index in [9.17, 15) is 8.42 Å². The summed E-state index contributed by atoms with van der Waals surface area (Å²) in [7, 11) is -3.34. The van der Waals surface area contributed by atoms with Crippen molar-refractivity contribution in [2.75, 3.05) is 43.4 Å². The van der Waals surface area contributed by atoms with Gasteiger partial charge >= 0.3 is 0 Å². The van der Waals surface area contributed by atoms with E-state index in [0.29, 0.717) is 18.3 Å². The van der Waals surface area contributed by atoms with Gasteiger partial charge in [0.05, 0.1) is 0 Å². The summed E-state index contributed by atoms with van der Waals surface area (Å²) in [5.74, 6) is 3.36. The van der Waals surface area contributed by atoms with Gasteiger partial charge in [-0.15, -0.1) is 0 Å². The van der Waals surface area contributed by atoms with E-state index in [1.165, 1.54) is 5.75 Å². The van der Waals surface area contributed by atoms with Gasteiger partial charge in [-0.2, -0.15) is 36.2 Å². The lowest BCUT2D eigenvalue weighted by Gasteiger charge is -2.35. The standard InChI is InChI=1S/C13H27N3O2S3/c1-2-14-9-12-5-3-4-6-16(12)21(17,18)15-10-13-11-19-7-8-20-13/h12-15H,2-11H2,1H3. The highest BCUT2D eigenvalue weighted by Gasteiger charge is 2.32. The lowest BCUT2D eigenvalue weighted by molar-refractivity contribution is 0.244. The van der Waals surface area contributed by atoms with Crippen LogP contribution in [0.2, 0.25) is 0 Å². The van der Waals surface area contributed by atoms with E-state index in [0.717, 1.165) is 43.9 Å². The average Bonchev–Trinajstić information content (AvgIpc) is 2.52. The average molecular weight is 354 g/mol. The Bertz CT molecular complexity index is 399. The molecule has 2 unspecified atom stereocenters. The molecule has 0 spiro atoms. The van der Waals surface area contributed by atoms with Crippen molar-refractivity contribution >= 4 is 33.7 Å². The van der Waals surface area contributed by atoms with Crippen molar-refractivity contribution in [3.05, 3.63) is 0 Å². The van der Waals surface area contributed by atoms with Gasteiger partial charge in [0.1, 0.15) is 0 Å². The van der Waals surface area contributed by atoms with Crippen molar-refractivity contribution in [2.45, 2.75) is 37.5 Å². The van der Waals surface area contributed by atoms with Crippen molar-refractivity contribution in [3.63, 3.8) is 0 Å². The smallest absolute Gasteiger partial charge is 0.279 e. The van der Waals surface area contributed by atoms with E-state index in [-0.39, 0.29) is 6.04 Å². The molecule has 8 heteroatoms. The first-order chi connectivity index (χ1) is 10.1. The number of hydrogen-bond donors (Lipinski definition) is 2. The molecule has 2 atom stereocenters. The zero-order valence-electron chi connectivity index (χ0n) is 12.7. The summed E-state index contributed by atoms with van der Waals surface area (Å²) in [6, 6.07) is 0.101. The number of nitrogens with zero attached hydrogens (tertiary/aromatic N) is 1. The Hall–Kier alpha value is 0.530. The molecule has 2 rings (SSSR count). The van der Waals surface area contributed by atoms with Crippen molar-refractivity contribution < 1.29 is 8.42 Å². The minimum absolute atomic E-state index is 0.101. The maximum atomic E-state index is 12.6. The van der Waals surface area contributed by atoms with Crippen molar-refractivity contribution in [1.82, 2.24) is 14.3 Å². The van der Waals surface area contributed by atoms with Crippen LogP contribution in [0.4, 0.5) is 0 Å². The third kappa shape index (κ3) is 5.58. The molecule has 0 amide bonds. The molecule has 2 heterocycles. The first kappa shape index (κ1) is 17.9. The van der Waals surface area contributed by atoms with E-state index >= 15 is 0 Å². The third-order valence-electron chi connectivity index (χ3n) is 3.89. The summed E-state index contributed by atoms with van der Waals surface area (Å²) in [5.41, 5.74) is 0. The highest BCUT2D eigenvalue weighted by molar-refractivity contribution is 8.06. The van der Waals surface area contributed by atoms with Crippen LogP contribution < -0.4 is 10.0 Å². The number of nitrogens with one attached hydrogen (secondary N) is 2. The fourth-order valence-electron chi connectivity index (χ4n) is 2.74. The van der Waals surface area contributed by atoms with Crippen LogP contribution in [0.25, 0.3) is 0 Å². The molecule has 2 fully saturated rings. The topological polar surface area (TPSA) is 61.4 Å². The fourth-order valence-corrected chi connectivity index (χ4v) is 6.98. The van der Waals surface area contributed by atoms with Crippen LogP contribution in [0.5, 0.6) is 0 Å². The van der Waals surface area contributed by atoms with Crippen LogP contribution in [-0.2, 0) is 10.2 Å². The molecule has 0 radical (unpaired) electrons. The van der Waals surface area contributed by atoms with Crippen LogP contribution >= 0.6 is 23.5 Å². The molecule has 0 aromatic rings. The largest absolute Gasteiger partial charge is 0.315 e. The summed E-state index contributed by atoms with van der Waals surface area (Å²) < 4.78 is 29.7. The fraction of sp³-hybridized carbons (Fsp3) is 1.00. The molecule has 2 saturated heterocycles. The summed E-state index contributed by atoms with van der Waals surface area (Å²) in [6.45, 7) is 4.90. The van der Waals surface area contributed by atoms with Crippen molar-refractivity contribution in [2.24, 2.45) is 0 Å². The molecule has 5 nitrogen and oxygen atoms in total. The summed E-state index contributed by atoms with van der Waals surface area (Å²) in [5, 5.41) is 3.70. The molecular weight excluding hydrogens is 326 g/mol. The molecular formula is C13H27N3O2S3. The molecule has 2 aliphatic rings. The first-order valence-corrected chi connectivity index (χ1v) is 11.4. The number of hydrogen-bond acceptors (Lipinski definition) is 5. The molecule has 2 aliphatic heterocycles. The van der Waals surface area contributed by atoms with E-state index in [2.05, 4.69) is 17.0 Å². The Morgan fingerprint density at radius 1 is 1.24 bits per heavy atom. The molecule has 0 aliphatic carbocycles. The lowest BCUT2D eigenvalue weighted by Crippen LogP contribution is -2.53. The molecule has 21 heavy (non-hydrogen) atoms. The maximum absolute atomic E-state index is 12.6. The van der Waals surface area contributed by atoms with Gasteiger partial charge in [0.2, 0.25) is 0 Å². The van der Waals surface area contributed by atoms with Gasteiger partial charge in [-0.3, -0.25) is 0 Å². The Kier molecular flexibility index (Phi) is 7.64. The van der Waals surface area contributed by atoms with E-state index in [4.69, 9.17) is 0 Å². The quantitative estimate of drug-likeness (QED) is 0.718. The Labute approximate surface area is 137 Å². The molecule has 0 aromatic heterocycles. The summed E-state index contributed by atoms with van der Waals surface area (Å²) in [6.07, 6.45) is 3.05. The lowest BCUT2D eigenvalue weighted by atomic mass is 10.1. The first-order valence-electron chi connectivity index (χ1n) is 7.80. The monoisotopic (exact) mass is 353 g/mol. The highest BCUT2D eigenvalue weighted by atomic mass is 32.2. The minimum Gasteiger partial charge on any atom is -0.315 e. The van der Waals surface area contributed by atoms with E-state index < -0.39 is 10.2 Å². The molecule has 0 bridgehead atoms. The minimum atomic E-state index is -3.34. The summed E-state index contributed by atoms with van der Waals surface area (Å²) in [4.78, 5) is 0. The predicted molar refractivity (Wildman–Crippen MR) is 93.4 cm³/mol. The van der Waals surface area contributed by atoms with E-state index in [1.54, 1.807) is 4.31 Å². The van der Waals surface area contributed by atoms with Gasteiger partial charge < -0.3 is 5.32 Å². The zero-order valence-corrected chi connectivity index (χ0v) is 15.2. The van der Waals surface area contributed by atoms with Crippen molar-refractivity contribution in [1.29, 1.82) is 0 Å². The summed E-state index contributed by atoms with van der Waals surface area (Å²) >= 11 is 3.81. The van der Waals surface area contributed by atoms with Crippen LogP contribution in [0, 0.1) is 0 Å². The van der Waals surface area contributed by atoms with Gasteiger partial charge in [-0.1, -0.05) is 13.3 Å². The second kappa shape index (κ2) is 8.98. The van der Waals surface area contributed by atoms with Gasteiger partial charge in [0.25, 0.3) is 10.2 Å².